The van der Waals surface area contributed by atoms with E-state index >= 15 is 0 Å². The number of carbonyl (C=O) groups is 2. The Balaban J connectivity index is 1.70. The molecule has 0 aromatic carbocycles. The van der Waals surface area contributed by atoms with Gasteiger partial charge in [0.2, 0.25) is 0 Å². The third-order valence-electron chi connectivity index (χ3n) is 8.70. The monoisotopic (exact) mass is 330 g/mol. The van der Waals surface area contributed by atoms with Crippen molar-refractivity contribution in [1.29, 1.82) is 0 Å². The van der Waals surface area contributed by atoms with Crippen LogP contribution < -0.4 is 0 Å². The summed E-state index contributed by atoms with van der Waals surface area (Å²) in [5.74, 6) is 1.90. The standard InChI is InChI=1S/C21H30O3/c1-13(22)21(24)11-8-18-16-5-4-14-12-15(23)6-9-19(14,2)17(16)7-10-20(18,21)3/h12,16-18,24H,4-11H2,1-3H3/t16-,17-,18+,19-,20-,21-/m0/s1. The minimum absolute atomic E-state index is 0.0446. The highest BCUT2D eigenvalue weighted by molar-refractivity contribution is 5.91. The lowest BCUT2D eigenvalue weighted by atomic mass is 9.46. The number of carbonyl (C=O) groups excluding carboxylic acids is 2. The van der Waals surface area contributed by atoms with E-state index in [9.17, 15) is 14.7 Å². The van der Waals surface area contributed by atoms with Crippen molar-refractivity contribution in [3.8, 4) is 0 Å². The summed E-state index contributed by atoms with van der Waals surface area (Å²) in [4.78, 5) is 24.1. The lowest BCUT2D eigenvalue weighted by Gasteiger charge is -2.58. The quantitative estimate of drug-likeness (QED) is 0.795. The van der Waals surface area contributed by atoms with E-state index in [1.807, 2.05) is 6.08 Å². The van der Waals surface area contributed by atoms with Crippen molar-refractivity contribution < 1.29 is 14.7 Å². The molecule has 0 aromatic heterocycles. The van der Waals surface area contributed by atoms with Crippen LogP contribution in [0, 0.1) is 28.6 Å². The molecule has 0 bridgehead atoms. The molecule has 0 heterocycles. The molecule has 3 heteroatoms. The Morgan fingerprint density at radius 1 is 1.08 bits per heavy atom. The maximum atomic E-state index is 12.2. The molecule has 0 amide bonds. The van der Waals surface area contributed by atoms with Crippen molar-refractivity contribution in [1.82, 2.24) is 0 Å². The highest BCUT2D eigenvalue weighted by atomic mass is 16.3. The second-order valence-corrected chi connectivity index (χ2v) is 9.38. The number of ketones is 2. The molecule has 1 N–H and O–H groups in total. The summed E-state index contributed by atoms with van der Waals surface area (Å²) in [6, 6.07) is 0. The van der Waals surface area contributed by atoms with Crippen LogP contribution in [0.15, 0.2) is 11.6 Å². The van der Waals surface area contributed by atoms with Gasteiger partial charge in [0.15, 0.2) is 11.6 Å². The molecule has 0 aliphatic heterocycles. The van der Waals surface area contributed by atoms with Gasteiger partial charge in [-0.15, -0.1) is 0 Å². The van der Waals surface area contributed by atoms with Gasteiger partial charge in [0.25, 0.3) is 0 Å². The Kier molecular flexibility index (Phi) is 3.46. The summed E-state index contributed by atoms with van der Waals surface area (Å²) in [6.07, 6.45) is 9.37. The van der Waals surface area contributed by atoms with Gasteiger partial charge in [-0.05, 0) is 81.1 Å². The van der Waals surface area contributed by atoms with Gasteiger partial charge in [0, 0.05) is 11.8 Å². The molecule has 3 saturated carbocycles. The number of hydrogen-bond donors (Lipinski definition) is 1. The van der Waals surface area contributed by atoms with E-state index in [2.05, 4.69) is 13.8 Å². The first-order valence-corrected chi connectivity index (χ1v) is 9.70. The van der Waals surface area contributed by atoms with E-state index in [0.29, 0.717) is 36.4 Å². The maximum absolute atomic E-state index is 12.2. The Morgan fingerprint density at radius 3 is 2.50 bits per heavy atom. The number of Topliss-reactive ketones (excluding diaryl/α,β-unsaturated/α-hetero) is 1. The highest BCUT2D eigenvalue weighted by Crippen LogP contribution is 2.67. The molecular weight excluding hydrogens is 300 g/mol. The van der Waals surface area contributed by atoms with Gasteiger partial charge in [-0.25, -0.2) is 0 Å². The first kappa shape index (κ1) is 16.5. The van der Waals surface area contributed by atoms with Crippen LogP contribution in [0.4, 0.5) is 0 Å². The minimum atomic E-state index is -1.12. The van der Waals surface area contributed by atoms with Crippen molar-refractivity contribution in [2.75, 3.05) is 0 Å². The van der Waals surface area contributed by atoms with Crippen molar-refractivity contribution in [3.63, 3.8) is 0 Å². The number of hydrogen-bond acceptors (Lipinski definition) is 3. The Labute approximate surface area is 144 Å². The fourth-order valence-electron chi connectivity index (χ4n) is 7.15. The van der Waals surface area contributed by atoms with Crippen LogP contribution in [0.25, 0.3) is 0 Å². The molecule has 0 aromatic rings. The van der Waals surface area contributed by atoms with E-state index in [4.69, 9.17) is 0 Å². The van der Waals surface area contributed by atoms with Crippen molar-refractivity contribution in [3.05, 3.63) is 11.6 Å². The molecule has 0 unspecified atom stereocenters. The zero-order valence-electron chi connectivity index (χ0n) is 15.2. The molecule has 24 heavy (non-hydrogen) atoms. The molecule has 4 aliphatic rings. The Hall–Kier alpha value is -0.960. The van der Waals surface area contributed by atoms with Gasteiger partial charge < -0.3 is 5.11 Å². The Morgan fingerprint density at radius 2 is 1.79 bits per heavy atom. The van der Waals surface area contributed by atoms with Gasteiger partial charge in [-0.2, -0.15) is 0 Å². The van der Waals surface area contributed by atoms with E-state index in [1.165, 1.54) is 5.57 Å². The van der Waals surface area contributed by atoms with Crippen LogP contribution in [0.3, 0.4) is 0 Å². The average Bonchev–Trinajstić information content (AvgIpc) is 2.81. The fraction of sp³-hybridized carbons (Fsp3) is 0.810. The van der Waals surface area contributed by atoms with E-state index < -0.39 is 5.60 Å². The van der Waals surface area contributed by atoms with Crippen molar-refractivity contribution in [2.45, 2.75) is 77.7 Å². The van der Waals surface area contributed by atoms with E-state index in [0.717, 1.165) is 38.5 Å². The molecule has 6 atom stereocenters. The molecule has 3 nitrogen and oxygen atoms in total. The Bertz CT molecular complexity index is 635. The molecule has 132 valence electrons. The number of rotatable bonds is 1. The lowest BCUT2D eigenvalue weighted by molar-refractivity contribution is -0.160. The maximum Gasteiger partial charge on any atom is 0.161 e. The number of fused-ring (bicyclic) bond motifs is 5. The zero-order chi connectivity index (χ0) is 17.3. The van der Waals surface area contributed by atoms with Crippen molar-refractivity contribution in [2.24, 2.45) is 28.6 Å². The lowest BCUT2D eigenvalue weighted by Crippen LogP contribution is -2.57. The van der Waals surface area contributed by atoms with Crippen LogP contribution in [0.5, 0.6) is 0 Å². The summed E-state index contributed by atoms with van der Waals surface area (Å²) in [7, 11) is 0. The van der Waals surface area contributed by atoms with Crippen LogP contribution >= 0.6 is 0 Å². The average molecular weight is 330 g/mol. The normalized spacial score (nSPS) is 50.6. The van der Waals surface area contributed by atoms with E-state index in [-0.39, 0.29) is 16.6 Å². The summed E-state index contributed by atoms with van der Waals surface area (Å²) in [6.45, 7) is 6.10. The summed E-state index contributed by atoms with van der Waals surface area (Å²) in [5.41, 5.74) is 0.155. The summed E-state index contributed by atoms with van der Waals surface area (Å²) in [5, 5.41) is 11.1. The minimum Gasteiger partial charge on any atom is -0.382 e. The van der Waals surface area contributed by atoms with Gasteiger partial charge in [0.05, 0.1) is 0 Å². The first-order valence-electron chi connectivity index (χ1n) is 9.70. The molecule has 0 radical (unpaired) electrons. The van der Waals surface area contributed by atoms with Crippen LogP contribution in [-0.4, -0.2) is 22.3 Å². The second-order valence-electron chi connectivity index (χ2n) is 9.38. The summed E-state index contributed by atoms with van der Waals surface area (Å²) < 4.78 is 0. The van der Waals surface area contributed by atoms with Crippen LogP contribution in [0.1, 0.15) is 72.1 Å². The highest BCUT2D eigenvalue weighted by Gasteiger charge is 2.65. The van der Waals surface area contributed by atoms with E-state index in [1.54, 1.807) is 6.92 Å². The largest absolute Gasteiger partial charge is 0.382 e. The predicted molar refractivity (Wildman–Crippen MR) is 92.3 cm³/mol. The molecular formula is C21H30O3. The van der Waals surface area contributed by atoms with Crippen LogP contribution in [-0.2, 0) is 9.59 Å². The first-order chi connectivity index (χ1) is 11.2. The molecule has 0 saturated heterocycles. The SMILES string of the molecule is CC(=O)[C@@]1(O)CC[C@@H]2[C@H]3CCC4=CC(=O)CC[C@]4(C)[C@H]3CC[C@@]21C. The van der Waals surface area contributed by atoms with Gasteiger partial charge in [-0.3, -0.25) is 9.59 Å². The van der Waals surface area contributed by atoms with Crippen LogP contribution in [0.2, 0.25) is 0 Å². The topological polar surface area (TPSA) is 54.4 Å². The summed E-state index contributed by atoms with van der Waals surface area (Å²) >= 11 is 0. The molecule has 4 aliphatic carbocycles. The van der Waals surface area contributed by atoms with Gasteiger partial charge in [0.1, 0.15) is 5.60 Å². The number of aliphatic hydroxyl groups is 1. The third kappa shape index (κ3) is 1.88. The molecule has 3 fully saturated rings. The smallest absolute Gasteiger partial charge is 0.161 e. The van der Waals surface area contributed by atoms with Gasteiger partial charge >= 0.3 is 0 Å². The predicted octanol–water partition coefficient (Wildman–Crippen LogP) is 3.84. The zero-order valence-corrected chi connectivity index (χ0v) is 15.2. The second kappa shape index (κ2) is 5.03. The molecule has 4 rings (SSSR count). The fourth-order valence-corrected chi connectivity index (χ4v) is 7.15. The third-order valence-corrected chi connectivity index (χ3v) is 8.70. The number of allylic oxidation sites excluding steroid dienone is 1. The van der Waals surface area contributed by atoms with Crippen molar-refractivity contribution >= 4 is 11.6 Å². The molecule has 0 spiro atoms. The van der Waals surface area contributed by atoms with Gasteiger partial charge in [-0.1, -0.05) is 19.4 Å².